The van der Waals surface area contributed by atoms with E-state index in [9.17, 15) is 16.8 Å². The van der Waals surface area contributed by atoms with E-state index >= 15 is 0 Å². The molecule has 2 saturated heterocycles. The van der Waals surface area contributed by atoms with Crippen molar-refractivity contribution < 1.29 is 16.8 Å². The van der Waals surface area contributed by atoms with Gasteiger partial charge in [0.05, 0.1) is 33.8 Å². The first-order valence-electron chi connectivity index (χ1n) is 5.20. The van der Waals surface area contributed by atoms with Crippen LogP contribution in [-0.2, 0) is 19.7 Å². The Labute approximate surface area is 125 Å². The van der Waals surface area contributed by atoms with Gasteiger partial charge in [-0.15, -0.1) is 23.2 Å². The Morgan fingerprint density at radius 3 is 1.28 bits per heavy atom. The highest BCUT2D eigenvalue weighted by atomic mass is 35.5. The lowest BCUT2D eigenvalue weighted by atomic mass is 10.4. The van der Waals surface area contributed by atoms with Crippen molar-refractivity contribution >= 4 is 64.5 Å². The molecule has 106 valence electrons. The minimum Gasteiger partial charge on any atom is -0.229 e. The summed E-state index contributed by atoms with van der Waals surface area (Å²) in [5, 5.41) is -1.18. The third kappa shape index (κ3) is 3.85. The van der Waals surface area contributed by atoms with E-state index in [1.54, 1.807) is 0 Å². The molecule has 0 radical (unpaired) electrons. The van der Waals surface area contributed by atoms with Gasteiger partial charge in [0.15, 0.2) is 19.7 Å². The van der Waals surface area contributed by atoms with Gasteiger partial charge in [0.2, 0.25) is 0 Å². The summed E-state index contributed by atoms with van der Waals surface area (Å²) in [5.41, 5.74) is 0. The smallest absolute Gasteiger partial charge is 0.152 e. The van der Waals surface area contributed by atoms with Crippen LogP contribution < -0.4 is 0 Å². The Morgan fingerprint density at radius 2 is 1.06 bits per heavy atom. The van der Waals surface area contributed by atoms with Crippen LogP contribution in [0.4, 0.5) is 0 Å². The second-order valence-corrected chi connectivity index (χ2v) is 12.6. The summed E-state index contributed by atoms with van der Waals surface area (Å²) < 4.78 is 45.5. The number of hydrogen-bond donors (Lipinski definition) is 0. The van der Waals surface area contributed by atoms with Gasteiger partial charge in [-0.05, 0) is 0 Å². The van der Waals surface area contributed by atoms with Crippen LogP contribution in [0.5, 0.6) is 0 Å². The third-order valence-electron chi connectivity index (χ3n) is 2.77. The van der Waals surface area contributed by atoms with Gasteiger partial charge < -0.3 is 0 Å². The first-order valence-corrected chi connectivity index (χ1v) is 12.0. The number of alkyl halides is 2. The zero-order chi connectivity index (χ0) is 13.6. The van der Waals surface area contributed by atoms with Crippen molar-refractivity contribution in [2.45, 2.75) is 21.3 Å². The Balaban J connectivity index is 1.90. The van der Waals surface area contributed by atoms with Gasteiger partial charge in [-0.1, -0.05) is 21.6 Å². The molecule has 0 unspecified atom stereocenters. The molecule has 2 heterocycles. The molecule has 0 N–H and O–H groups in total. The van der Waals surface area contributed by atoms with E-state index in [-0.39, 0.29) is 33.5 Å². The molecular formula is C8H12Cl2O4S4. The third-order valence-corrected chi connectivity index (χ3v) is 11.7. The molecule has 0 amide bonds. The number of rotatable bonds is 3. The van der Waals surface area contributed by atoms with Gasteiger partial charge in [-0.2, -0.15) is 0 Å². The van der Waals surface area contributed by atoms with Gasteiger partial charge in [0.1, 0.15) is 0 Å². The van der Waals surface area contributed by atoms with Crippen LogP contribution in [0.1, 0.15) is 0 Å². The quantitative estimate of drug-likeness (QED) is 0.548. The molecule has 4 nitrogen and oxygen atoms in total. The number of sulfone groups is 2. The Bertz CT molecular complexity index is 469. The number of hydrogen-bond acceptors (Lipinski definition) is 6. The minimum atomic E-state index is -3.04. The Hall–Kier alpha value is 1.18. The zero-order valence-electron chi connectivity index (χ0n) is 9.16. The molecule has 2 aliphatic rings. The van der Waals surface area contributed by atoms with Crippen molar-refractivity contribution in [2.24, 2.45) is 0 Å². The maximum atomic E-state index is 11.4. The number of halogens is 2. The first kappa shape index (κ1) is 15.6. The molecule has 0 saturated carbocycles. The predicted molar refractivity (Wildman–Crippen MR) is 79.3 cm³/mol. The maximum absolute atomic E-state index is 11.4. The van der Waals surface area contributed by atoms with Crippen molar-refractivity contribution in [1.82, 2.24) is 0 Å². The van der Waals surface area contributed by atoms with Gasteiger partial charge >= 0.3 is 0 Å². The molecule has 2 aliphatic heterocycles. The molecule has 0 aromatic heterocycles. The summed E-state index contributed by atoms with van der Waals surface area (Å²) in [7, 11) is -3.38. The fraction of sp³-hybridized carbons (Fsp3) is 1.00. The van der Waals surface area contributed by atoms with Gasteiger partial charge in [-0.25, -0.2) is 16.8 Å². The lowest BCUT2D eigenvalue weighted by Gasteiger charge is -2.15. The van der Waals surface area contributed by atoms with Crippen LogP contribution in [0.25, 0.3) is 0 Å². The monoisotopic (exact) mass is 370 g/mol. The summed E-state index contributed by atoms with van der Waals surface area (Å²) >= 11 is 12.0. The van der Waals surface area contributed by atoms with Crippen LogP contribution in [-0.4, -0.2) is 61.1 Å². The average Bonchev–Trinajstić information content (AvgIpc) is 2.59. The van der Waals surface area contributed by atoms with E-state index in [0.717, 1.165) is 0 Å². The molecule has 4 atom stereocenters. The van der Waals surface area contributed by atoms with Crippen LogP contribution >= 0.6 is 44.8 Å². The van der Waals surface area contributed by atoms with E-state index in [1.807, 2.05) is 0 Å². The second-order valence-electron chi connectivity index (χ2n) is 4.46. The van der Waals surface area contributed by atoms with Gasteiger partial charge in [-0.3, -0.25) is 0 Å². The van der Waals surface area contributed by atoms with Crippen molar-refractivity contribution in [3.8, 4) is 0 Å². The molecule has 2 rings (SSSR count). The molecule has 0 bridgehead atoms. The summed E-state index contributed by atoms with van der Waals surface area (Å²) in [6.07, 6.45) is 0. The molecule has 0 spiro atoms. The van der Waals surface area contributed by atoms with Crippen molar-refractivity contribution in [3.05, 3.63) is 0 Å². The SMILES string of the molecule is O=S1(=O)C[C@H](SS[C@@H]2CS(=O)(=O)C[C@@H]2Cl)[C@@H](Cl)C1. The predicted octanol–water partition coefficient (Wildman–Crippen LogP) is 1.18. The van der Waals surface area contributed by atoms with Crippen LogP contribution in [0.3, 0.4) is 0 Å². The second kappa shape index (κ2) is 5.52. The topological polar surface area (TPSA) is 68.3 Å². The molecule has 18 heavy (non-hydrogen) atoms. The molecule has 2 fully saturated rings. The summed E-state index contributed by atoms with van der Waals surface area (Å²) in [6.45, 7) is 0. The molecule has 0 aromatic carbocycles. The van der Waals surface area contributed by atoms with Gasteiger partial charge in [0.25, 0.3) is 0 Å². The van der Waals surface area contributed by atoms with Crippen LogP contribution in [0.2, 0.25) is 0 Å². The molecule has 10 heteroatoms. The van der Waals surface area contributed by atoms with Crippen molar-refractivity contribution in [3.63, 3.8) is 0 Å². The first-order chi connectivity index (χ1) is 8.19. The van der Waals surface area contributed by atoms with Gasteiger partial charge in [0, 0.05) is 10.5 Å². The fourth-order valence-corrected chi connectivity index (χ4v) is 12.6. The van der Waals surface area contributed by atoms with E-state index in [4.69, 9.17) is 23.2 Å². The highest BCUT2D eigenvalue weighted by Gasteiger charge is 2.41. The zero-order valence-corrected chi connectivity index (χ0v) is 13.9. The highest BCUT2D eigenvalue weighted by Crippen LogP contribution is 2.42. The largest absolute Gasteiger partial charge is 0.229 e. The van der Waals surface area contributed by atoms with E-state index in [0.29, 0.717) is 0 Å². The van der Waals surface area contributed by atoms with Crippen LogP contribution in [0, 0.1) is 0 Å². The Kier molecular flexibility index (Phi) is 4.77. The van der Waals surface area contributed by atoms with E-state index in [2.05, 4.69) is 0 Å². The lowest BCUT2D eigenvalue weighted by molar-refractivity contribution is 0.600. The normalized spacial score (nSPS) is 42.1. The van der Waals surface area contributed by atoms with Crippen molar-refractivity contribution in [2.75, 3.05) is 23.0 Å². The summed E-state index contributed by atoms with van der Waals surface area (Å²) in [6, 6.07) is 0. The van der Waals surface area contributed by atoms with E-state index in [1.165, 1.54) is 21.6 Å². The van der Waals surface area contributed by atoms with E-state index < -0.39 is 30.4 Å². The standard InChI is InChI=1S/C8H12Cl2O4S4/c9-5-1-17(11,12)3-7(5)15-16-8-4-18(13,14)2-6(8)10/h5-8H,1-4H2/t5-,6-,7-,8+/m0/s1. The van der Waals surface area contributed by atoms with Crippen molar-refractivity contribution in [1.29, 1.82) is 0 Å². The fourth-order valence-electron chi connectivity index (χ4n) is 1.86. The summed E-state index contributed by atoms with van der Waals surface area (Å²) in [4.78, 5) is 0. The Morgan fingerprint density at radius 1 is 0.722 bits per heavy atom. The molecule has 0 aliphatic carbocycles. The maximum Gasteiger partial charge on any atom is 0.152 e. The average molecular weight is 371 g/mol. The molecule has 0 aromatic rings. The minimum absolute atomic E-state index is 0.0000507. The molecular weight excluding hydrogens is 359 g/mol. The lowest BCUT2D eigenvalue weighted by Crippen LogP contribution is -2.17. The summed E-state index contributed by atoms with van der Waals surface area (Å²) in [5.74, 6) is 0.122. The van der Waals surface area contributed by atoms with Crippen LogP contribution in [0.15, 0.2) is 0 Å². The highest BCUT2D eigenvalue weighted by molar-refractivity contribution is 8.77.